The van der Waals surface area contributed by atoms with E-state index in [1.807, 2.05) is 44.2 Å². The molecular formula is C18H19NO3. The number of ether oxygens (including phenoxy) is 1. The Morgan fingerprint density at radius 2 is 1.55 bits per heavy atom. The Balaban J connectivity index is 2.13. The van der Waals surface area contributed by atoms with Crippen LogP contribution < -0.4 is 5.32 Å². The lowest BCUT2D eigenvalue weighted by molar-refractivity contribution is -0.120. The summed E-state index contributed by atoms with van der Waals surface area (Å²) in [5.74, 6) is -0.507. The van der Waals surface area contributed by atoms with Crippen LogP contribution in [-0.2, 0) is 14.9 Å². The number of benzene rings is 2. The number of esters is 1. The number of amides is 1. The average Bonchev–Trinajstić information content (AvgIpc) is 2.55. The summed E-state index contributed by atoms with van der Waals surface area (Å²) in [7, 11) is 1.33. The van der Waals surface area contributed by atoms with E-state index in [2.05, 4.69) is 10.1 Å². The zero-order valence-electron chi connectivity index (χ0n) is 12.9. The molecule has 4 heteroatoms. The zero-order valence-corrected chi connectivity index (χ0v) is 12.9. The van der Waals surface area contributed by atoms with Crippen LogP contribution in [0.5, 0.6) is 0 Å². The van der Waals surface area contributed by atoms with Crippen molar-refractivity contribution >= 4 is 17.6 Å². The van der Waals surface area contributed by atoms with Gasteiger partial charge in [0.1, 0.15) is 0 Å². The SMILES string of the molecule is COC(=O)c1ccc(NC(=O)C(C)(C)c2ccccc2)cc1. The number of carbonyl (C=O) groups is 2. The van der Waals surface area contributed by atoms with Gasteiger partial charge in [-0.25, -0.2) is 4.79 Å². The second kappa shape index (κ2) is 6.43. The van der Waals surface area contributed by atoms with Crippen molar-refractivity contribution in [1.29, 1.82) is 0 Å². The van der Waals surface area contributed by atoms with E-state index >= 15 is 0 Å². The maximum atomic E-state index is 12.5. The van der Waals surface area contributed by atoms with E-state index in [-0.39, 0.29) is 5.91 Å². The number of nitrogens with one attached hydrogen (secondary N) is 1. The summed E-state index contributed by atoms with van der Waals surface area (Å²) < 4.78 is 4.64. The molecule has 0 saturated carbocycles. The topological polar surface area (TPSA) is 55.4 Å². The largest absolute Gasteiger partial charge is 0.465 e. The van der Waals surface area contributed by atoms with Crippen molar-refractivity contribution in [3.63, 3.8) is 0 Å². The second-order valence-corrected chi connectivity index (χ2v) is 5.51. The summed E-state index contributed by atoms with van der Waals surface area (Å²) in [6.07, 6.45) is 0. The molecule has 0 saturated heterocycles. The third kappa shape index (κ3) is 3.34. The molecule has 1 amide bonds. The molecule has 0 bridgehead atoms. The fraction of sp³-hybridized carbons (Fsp3) is 0.222. The van der Waals surface area contributed by atoms with Crippen LogP contribution in [0.3, 0.4) is 0 Å². The molecule has 0 aliphatic heterocycles. The molecule has 0 fully saturated rings. The third-order valence-corrected chi connectivity index (χ3v) is 3.63. The summed E-state index contributed by atoms with van der Waals surface area (Å²) in [4.78, 5) is 23.9. The van der Waals surface area contributed by atoms with Crippen LogP contribution in [-0.4, -0.2) is 19.0 Å². The van der Waals surface area contributed by atoms with E-state index in [0.717, 1.165) is 5.56 Å². The molecule has 2 aromatic rings. The first-order valence-electron chi connectivity index (χ1n) is 7.00. The average molecular weight is 297 g/mol. The van der Waals surface area contributed by atoms with Gasteiger partial charge in [0, 0.05) is 5.69 Å². The monoisotopic (exact) mass is 297 g/mol. The van der Waals surface area contributed by atoms with Crippen molar-refractivity contribution in [1.82, 2.24) is 0 Å². The van der Waals surface area contributed by atoms with Crippen LogP contribution in [0.2, 0.25) is 0 Å². The van der Waals surface area contributed by atoms with Crippen LogP contribution >= 0.6 is 0 Å². The zero-order chi connectivity index (χ0) is 16.2. The van der Waals surface area contributed by atoms with Crippen LogP contribution in [0.4, 0.5) is 5.69 Å². The van der Waals surface area contributed by atoms with Crippen LogP contribution in [0.25, 0.3) is 0 Å². The summed E-state index contributed by atoms with van der Waals surface area (Å²) >= 11 is 0. The minimum atomic E-state index is -0.651. The highest BCUT2D eigenvalue weighted by atomic mass is 16.5. The molecule has 0 heterocycles. The molecule has 4 nitrogen and oxygen atoms in total. The lowest BCUT2D eigenvalue weighted by atomic mass is 9.83. The summed E-state index contributed by atoms with van der Waals surface area (Å²) in [5, 5.41) is 2.87. The third-order valence-electron chi connectivity index (χ3n) is 3.63. The first kappa shape index (κ1) is 15.8. The lowest BCUT2D eigenvalue weighted by Crippen LogP contribution is -2.34. The van der Waals surface area contributed by atoms with Crippen LogP contribution in [0, 0.1) is 0 Å². The molecule has 22 heavy (non-hydrogen) atoms. The Labute approximate surface area is 130 Å². The van der Waals surface area contributed by atoms with Crippen LogP contribution in [0.15, 0.2) is 54.6 Å². The standard InChI is InChI=1S/C18H19NO3/c1-18(2,14-7-5-4-6-8-14)17(21)19-15-11-9-13(10-12-15)16(20)22-3/h4-12H,1-3H3,(H,19,21). The molecule has 2 aromatic carbocycles. The number of carbonyl (C=O) groups excluding carboxylic acids is 2. The molecule has 0 radical (unpaired) electrons. The minimum absolute atomic E-state index is 0.107. The van der Waals surface area contributed by atoms with Crippen LogP contribution in [0.1, 0.15) is 29.8 Å². The van der Waals surface area contributed by atoms with Crippen molar-refractivity contribution in [2.45, 2.75) is 19.3 Å². The molecule has 0 aliphatic carbocycles. The highest BCUT2D eigenvalue weighted by Gasteiger charge is 2.29. The highest BCUT2D eigenvalue weighted by molar-refractivity contribution is 5.99. The summed E-state index contributed by atoms with van der Waals surface area (Å²) in [5.41, 5.74) is 1.38. The molecule has 0 aromatic heterocycles. The Hall–Kier alpha value is -2.62. The Bertz CT molecular complexity index is 660. The Kier molecular flexibility index (Phi) is 4.61. The molecule has 0 aliphatic rings. The van der Waals surface area contributed by atoms with Gasteiger partial charge in [-0.15, -0.1) is 0 Å². The molecule has 2 rings (SSSR count). The van der Waals surface area contributed by atoms with Gasteiger partial charge in [-0.05, 0) is 43.7 Å². The fourth-order valence-corrected chi connectivity index (χ4v) is 2.08. The van der Waals surface area contributed by atoms with Gasteiger partial charge in [-0.1, -0.05) is 30.3 Å². The first-order valence-corrected chi connectivity index (χ1v) is 7.00. The van der Waals surface area contributed by atoms with Crippen molar-refractivity contribution in [2.75, 3.05) is 12.4 Å². The second-order valence-electron chi connectivity index (χ2n) is 5.51. The van der Waals surface area contributed by atoms with Gasteiger partial charge in [0.15, 0.2) is 0 Å². The van der Waals surface area contributed by atoms with E-state index < -0.39 is 11.4 Å². The lowest BCUT2D eigenvalue weighted by Gasteiger charge is -2.24. The van der Waals surface area contributed by atoms with Gasteiger partial charge in [-0.3, -0.25) is 4.79 Å². The molecule has 0 spiro atoms. The van der Waals surface area contributed by atoms with Crippen molar-refractivity contribution < 1.29 is 14.3 Å². The van der Waals surface area contributed by atoms with Crippen molar-refractivity contribution in [3.05, 3.63) is 65.7 Å². The molecule has 0 unspecified atom stereocenters. The number of rotatable bonds is 4. The molecular weight excluding hydrogens is 278 g/mol. The number of anilines is 1. The van der Waals surface area contributed by atoms with E-state index in [1.54, 1.807) is 24.3 Å². The number of methoxy groups -OCH3 is 1. The highest BCUT2D eigenvalue weighted by Crippen LogP contribution is 2.25. The number of hydrogen-bond acceptors (Lipinski definition) is 3. The molecule has 114 valence electrons. The van der Waals surface area contributed by atoms with Gasteiger partial charge in [0.05, 0.1) is 18.1 Å². The maximum absolute atomic E-state index is 12.5. The van der Waals surface area contributed by atoms with Gasteiger partial charge in [0.2, 0.25) is 5.91 Å². The van der Waals surface area contributed by atoms with E-state index in [9.17, 15) is 9.59 Å². The van der Waals surface area contributed by atoms with E-state index in [0.29, 0.717) is 11.3 Å². The Morgan fingerprint density at radius 3 is 2.09 bits per heavy atom. The smallest absolute Gasteiger partial charge is 0.337 e. The van der Waals surface area contributed by atoms with Crippen molar-refractivity contribution in [2.24, 2.45) is 0 Å². The molecule has 0 atom stereocenters. The van der Waals surface area contributed by atoms with E-state index in [4.69, 9.17) is 0 Å². The van der Waals surface area contributed by atoms with Gasteiger partial charge < -0.3 is 10.1 Å². The summed E-state index contributed by atoms with van der Waals surface area (Å²) in [6.45, 7) is 3.75. The van der Waals surface area contributed by atoms with Gasteiger partial charge in [0.25, 0.3) is 0 Å². The maximum Gasteiger partial charge on any atom is 0.337 e. The van der Waals surface area contributed by atoms with Crippen molar-refractivity contribution in [3.8, 4) is 0 Å². The van der Waals surface area contributed by atoms with E-state index in [1.165, 1.54) is 7.11 Å². The first-order chi connectivity index (χ1) is 10.4. The summed E-state index contributed by atoms with van der Waals surface area (Å²) in [6, 6.07) is 16.2. The van der Waals surface area contributed by atoms with Gasteiger partial charge >= 0.3 is 5.97 Å². The minimum Gasteiger partial charge on any atom is -0.465 e. The Morgan fingerprint density at radius 1 is 0.955 bits per heavy atom. The predicted octanol–water partition coefficient (Wildman–Crippen LogP) is 3.39. The quantitative estimate of drug-likeness (QED) is 0.880. The predicted molar refractivity (Wildman–Crippen MR) is 85.9 cm³/mol. The number of hydrogen-bond donors (Lipinski definition) is 1. The normalized spacial score (nSPS) is 10.9. The fourth-order valence-electron chi connectivity index (χ4n) is 2.08. The van der Waals surface area contributed by atoms with Gasteiger partial charge in [-0.2, -0.15) is 0 Å². The molecule has 1 N–H and O–H groups in total.